The van der Waals surface area contributed by atoms with Gasteiger partial charge in [-0.15, -0.1) is 0 Å². The standard InChI is InChI=1S/C12H14F2N2OS/c13-10-2-1-9(12(14)16-10)15-11(17)7-8-3-5-18-6-4-8/h1-2,8H,3-7H2,(H,15,17). The van der Waals surface area contributed by atoms with Crippen LogP contribution in [0.5, 0.6) is 0 Å². The summed E-state index contributed by atoms with van der Waals surface area (Å²) in [6, 6.07) is 2.21. The topological polar surface area (TPSA) is 42.0 Å². The molecule has 0 unspecified atom stereocenters. The van der Waals surface area contributed by atoms with Crippen molar-refractivity contribution in [1.82, 2.24) is 4.98 Å². The van der Waals surface area contributed by atoms with Crippen LogP contribution in [0.1, 0.15) is 19.3 Å². The highest BCUT2D eigenvalue weighted by molar-refractivity contribution is 7.99. The molecule has 0 aromatic carbocycles. The summed E-state index contributed by atoms with van der Waals surface area (Å²) in [6.45, 7) is 0. The fourth-order valence-electron chi connectivity index (χ4n) is 1.92. The molecule has 1 amide bonds. The molecule has 18 heavy (non-hydrogen) atoms. The second kappa shape index (κ2) is 6.13. The van der Waals surface area contributed by atoms with Gasteiger partial charge in [0.1, 0.15) is 0 Å². The van der Waals surface area contributed by atoms with E-state index in [1.165, 1.54) is 6.07 Å². The van der Waals surface area contributed by atoms with Crippen molar-refractivity contribution >= 4 is 23.4 Å². The Kier molecular flexibility index (Phi) is 4.52. The number of aromatic nitrogens is 1. The maximum absolute atomic E-state index is 13.2. The van der Waals surface area contributed by atoms with Gasteiger partial charge in [0.2, 0.25) is 17.8 Å². The molecule has 0 bridgehead atoms. The average molecular weight is 272 g/mol. The molecular weight excluding hydrogens is 258 g/mol. The van der Waals surface area contributed by atoms with E-state index in [2.05, 4.69) is 10.3 Å². The zero-order valence-electron chi connectivity index (χ0n) is 9.79. The minimum atomic E-state index is -0.984. The zero-order chi connectivity index (χ0) is 13.0. The van der Waals surface area contributed by atoms with Gasteiger partial charge in [0.15, 0.2) is 0 Å². The highest BCUT2D eigenvalue weighted by Crippen LogP contribution is 2.25. The molecule has 6 heteroatoms. The molecule has 0 aliphatic carbocycles. The lowest BCUT2D eigenvalue weighted by molar-refractivity contribution is -0.117. The number of nitrogens with one attached hydrogen (secondary N) is 1. The van der Waals surface area contributed by atoms with Crippen LogP contribution >= 0.6 is 11.8 Å². The van der Waals surface area contributed by atoms with Crippen LogP contribution in [0.4, 0.5) is 14.5 Å². The fourth-order valence-corrected chi connectivity index (χ4v) is 3.12. The van der Waals surface area contributed by atoms with E-state index in [9.17, 15) is 13.6 Å². The van der Waals surface area contributed by atoms with Crippen LogP contribution in [0.3, 0.4) is 0 Å². The first-order valence-corrected chi connectivity index (χ1v) is 7.00. The van der Waals surface area contributed by atoms with Gasteiger partial charge >= 0.3 is 0 Å². The first-order valence-electron chi connectivity index (χ1n) is 5.85. The van der Waals surface area contributed by atoms with Crippen molar-refractivity contribution in [2.75, 3.05) is 16.8 Å². The third kappa shape index (κ3) is 3.66. The summed E-state index contributed by atoms with van der Waals surface area (Å²) in [7, 11) is 0. The first-order chi connectivity index (χ1) is 8.65. The van der Waals surface area contributed by atoms with E-state index in [1.54, 1.807) is 0 Å². The zero-order valence-corrected chi connectivity index (χ0v) is 10.6. The summed E-state index contributed by atoms with van der Waals surface area (Å²) < 4.78 is 25.8. The van der Waals surface area contributed by atoms with E-state index in [0.717, 1.165) is 30.4 Å². The third-order valence-corrected chi connectivity index (χ3v) is 3.95. The van der Waals surface area contributed by atoms with Crippen molar-refractivity contribution in [1.29, 1.82) is 0 Å². The molecule has 2 heterocycles. The molecule has 98 valence electrons. The predicted molar refractivity (Wildman–Crippen MR) is 67.4 cm³/mol. The first kappa shape index (κ1) is 13.3. The maximum atomic E-state index is 13.2. The lowest BCUT2D eigenvalue weighted by Crippen LogP contribution is -2.20. The molecule has 0 radical (unpaired) electrons. The van der Waals surface area contributed by atoms with Crippen LogP contribution in [0.15, 0.2) is 12.1 Å². The third-order valence-electron chi connectivity index (χ3n) is 2.90. The highest BCUT2D eigenvalue weighted by Gasteiger charge is 2.18. The summed E-state index contributed by atoms with van der Waals surface area (Å²) in [5.74, 6) is 0.397. The van der Waals surface area contributed by atoms with E-state index in [1.807, 2.05) is 11.8 Å². The Bertz CT molecular complexity index is 436. The summed E-state index contributed by atoms with van der Waals surface area (Å²) in [6.07, 6.45) is 2.42. The molecule has 1 fully saturated rings. The van der Waals surface area contributed by atoms with Gasteiger partial charge in [0.05, 0.1) is 5.69 Å². The molecule has 1 saturated heterocycles. The largest absolute Gasteiger partial charge is 0.322 e. The van der Waals surface area contributed by atoms with Crippen LogP contribution in [-0.2, 0) is 4.79 Å². The van der Waals surface area contributed by atoms with Gasteiger partial charge < -0.3 is 5.32 Å². The van der Waals surface area contributed by atoms with Gasteiger partial charge in [-0.3, -0.25) is 4.79 Å². The predicted octanol–water partition coefficient (Wildman–Crippen LogP) is 2.83. The van der Waals surface area contributed by atoms with Gasteiger partial charge in [0, 0.05) is 6.42 Å². The van der Waals surface area contributed by atoms with E-state index in [-0.39, 0.29) is 11.6 Å². The Morgan fingerprint density at radius 3 is 2.78 bits per heavy atom. The van der Waals surface area contributed by atoms with Gasteiger partial charge in [-0.05, 0) is 42.4 Å². The normalized spacial score (nSPS) is 16.6. The molecule has 1 aromatic heterocycles. The smallest absolute Gasteiger partial charge is 0.239 e. The maximum Gasteiger partial charge on any atom is 0.239 e. The van der Waals surface area contributed by atoms with E-state index in [0.29, 0.717) is 12.3 Å². The molecule has 0 saturated carbocycles. The second-order valence-electron chi connectivity index (χ2n) is 4.28. The van der Waals surface area contributed by atoms with Crippen LogP contribution in [0, 0.1) is 17.8 Å². The number of anilines is 1. The number of amides is 1. The van der Waals surface area contributed by atoms with Crippen molar-refractivity contribution in [2.45, 2.75) is 19.3 Å². The van der Waals surface area contributed by atoms with Crippen LogP contribution in [0.2, 0.25) is 0 Å². The quantitative estimate of drug-likeness (QED) is 0.860. The number of carbonyl (C=O) groups is 1. The number of carbonyl (C=O) groups excluding carboxylic acids is 1. The summed E-state index contributed by atoms with van der Waals surface area (Å²) >= 11 is 1.89. The molecule has 1 aliphatic rings. The minimum absolute atomic E-state index is 0.0633. The summed E-state index contributed by atoms with van der Waals surface area (Å²) in [5, 5.41) is 2.43. The highest BCUT2D eigenvalue weighted by atomic mass is 32.2. The van der Waals surface area contributed by atoms with Crippen LogP contribution in [-0.4, -0.2) is 22.4 Å². The van der Waals surface area contributed by atoms with Gasteiger partial charge in [0.25, 0.3) is 0 Å². The molecule has 3 nitrogen and oxygen atoms in total. The summed E-state index contributed by atoms with van der Waals surface area (Å²) in [4.78, 5) is 14.7. The average Bonchev–Trinajstić information content (AvgIpc) is 2.34. The minimum Gasteiger partial charge on any atom is -0.322 e. The van der Waals surface area contributed by atoms with Gasteiger partial charge in [-0.25, -0.2) is 0 Å². The molecule has 2 rings (SSSR count). The Morgan fingerprint density at radius 2 is 2.11 bits per heavy atom. The number of thioether (sulfide) groups is 1. The number of hydrogen-bond donors (Lipinski definition) is 1. The van der Waals surface area contributed by atoms with Crippen molar-refractivity contribution < 1.29 is 13.6 Å². The number of rotatable bonds is 3. The summed E-state index contributed by atoms with van der Waals surface area (Å²) in [5.41, 5.74) is -0.0633. The van der Waals surface area contributed by atoms with Gasteiger partial charge in [-0.2, -0.15) is 25.5 Å². The lowest BCUT2D eigenvalue weighted by atomic mass is 9.98. The lowest BCUT2D eigenvalue weighted by Gasteiger charge is -2.20. The van der Waals surface area contributed by atoms with E-state index >= 15 is 0 Å². The Labute approximate surface area is 108 Å². The molecular formula is C12H14F2N2OS. The monoisotopic (exact) mass is 272 g/mol. The Hall–Kier alpha value is -1.17. The number of pyridine rings is 1. The Morgan fingerprint density at radius 1 is 1.39 bits per heavy atom. The van der Waals surface area contributed by atoms with E-state index in [4.69, 9.17) is 0 Å². The molecule has 0 spiro atoms. The van der Waals surface area contributed by atoms with E-state index < -0.39 is 11.9 Å². The SMILES string of the molecule is O=C(CC1CCSCC1)Nc1ccc(F)nc1F. The molecule has 1 aromatic rings. The van der Waals surface area contributed by atoms with Gasteiger partial charge in [-0.1, -0.05) is 0 Å². The van der Waals surface area contributed by atoms with Crippen molar-refractivity contribution in [3.63, 3.8) is 0 Å². The second-order valence-corrected chi connectivity index (χ2v) is 5.51. The molecule has 0 atom stereocenters. The van der Waals surface area contributed by atoms with Crippen molar-refractivity contribution in [2.24, 2.45) is 5.92 Å². The molecule has 1 N–H and O–H groups in total. The Balaban J connectivity index is 1.90. The number of hydrogen-bond acceptors (Lipinski definition) is 3. The van der Waals surface area contributed by atoms with Crippen LogP contribution in [0.25, 0.3) is 0 Å². The molecule has 1 aliphatic heterocycles. The van der Waals surface area contributed by atoms with Crippen molar-refractivity contribution in [3.8, 4) is 0 Å². The van der Waals surface area contributed by atoms with Crippen LogP contribution < -0.4 is 5.32 Å². The van der Waals surface area contributed by atoms with Crippen molar-refractivity contribution in [3.05, 3.63) is 24.0 Å². The number of halogens is 2. The number of nitrogens with zero attached hydrogens (tertiary/aromatic N) is 1. The fraction of sp³-hybridized carbons (Fsp3) is 0.500.